The van der Waals surface area contributed by atoms with E-state index in [0.29, 0.717) is 32.7 Å². The van der Waals surface area contributed by atoms with Gasteiger partial charge in [-0.05, 0) is 0 Å². The molecule has 1 N–H and O–H groups in total. The largest absolute Gasteiger partial charge is 0.354 e. The highest BCUT2D eigenvalue weighted by atomic mass is 16.2. The Hall–Kier alpha value is -1.62. The SMILES string of the molecule is C=CCN(CC=C)C(=O)CN1CCNC(=O)C1. The quantitative estimate of drug-likeness (QED) is 0.641. The van der Waals surface area contributed by atoms with Gasteiger partial charge in [0, 0.05) is 26.2 Å². The summed E-state index contributed by atoms with van der Waals surface area (Å²) in [6.07, 6.45) is 3.37. The molecule has 94 valence electrons. The van der Waals surface area contributed by atoms with Crippen LogP contribution >= 0.6 is 0 Å². The van der Waals surface area contributed by atoms with E-state index in [2.05, 4.69) is 18.5 Å². The fourth-order valence-electron chi connectivity index (χ4n) is 1.71. The standard InChI is InChI=1S/C12H19N3O2/c1-3-6-15(7-4-2)12(17)10-14-8-5-13-11(16)9-14/h3-4H,1-2,5-10H2,(H,13,16). The van der Waals surface area contributed by atoms with Crippen molar-refractivity contribution in [3.63, 3.8) is 0 Å². The van der Waals surface area contributed by atoms with Crippen molar-refractivity contribution in [1.82, 2.24) is 15.1 Å². The predicted molar refractivity (Wildman–Crippen MR) is 66.4 cm³/mol. The number of nitrogens with zero attached hydrogens (tertiary/aromatic N) is 2. The van der Waals surface area contributed by atoms with Gasteiger partial charge in [-0.3, -0.25) is 14.5 Å². The van der Waals surface area contributed by atoms with Crippen molar-refractivity contribution in [2.45, 2.75) is 0 Å². The molecule has 0 aromatic carbocycles. The zero-order valence-electron chi connectivity index (χ0n) is 10.0. The van der Waals surface area contributed by atoms with Crippen molar-refractivity contribution < 1.29 is 9.59 Å². The van der Waals surface area contributed by atoms with E-state index in [1.165, 1.54) is 0 Å². The molecule has 1 heterocycles. The lowest BCUT2D eigenvalue weighted by molar-refractivity contribution is -0.133. The van der Waals surface area contributed by atoms with E-state index in [9.17, 15) is 9.59 Å². The Balaban J connectivity index is 2.47. The summed E-state index contributed by atoms with van der Waals surface area (Å²) in [4.78, 5) is 26.6. The highest BCUT2D eigenvalue weighted by Gasteiger charge is 2.20. The van der Waals surface area contributed by atoms with Crippen LogP contribution in [-0.2, 0) is 9.59 Å². The number of carbonyl (C=O) groups excluding carboxylic acids is 2. The molecule has 2 amide bonds. The molecule has 0 bridgehead atoms. The lowest BCUT2D eigenvalue weighted by atomic mass is 10.3. The molecular formula is C12H19N3O2. The van der Waals surface area contributed by atoms with Crippen LogP contribution in [0.2, 0.25) is 0 Å². The van der Waals surface area contributed by atoms with Gasteiger partial charge in [0.2, 0.25) is 11.8 Å². The normalized spacial score (nSPS) is 16.1. The highest BCUT2D eigenvalue weighted by molar-refractivity contribution is 5.82. The molecule has 0 aromatic rings. The fraction of sp³-hybridized carbons (Fsp3) is 0.500. The van der Waals surface area contributed by atoms with Gasteiger partial charge in [-0.2, -0.15) is 0 Å². The molecule has 0 radical (unpaired) electrons. The summed E-state index contributed by atoms with van der Waals surface area (Å²) in [6.45, 7) is 10.1. The maximum Gasteiger partial charge on any atom is 0.237 e. The summed E-state index contributed by atoms with van der Waals surface area (Å²) in [5.74, 6) is -0.0254. The molecule has 1 fully saturated rings. The molecule has 0 saturated carbocycles. The maximum atomic E-state index is 12.0. The Morgan fingerprint density at radius 2 is 2.06 bits per heavy atom. The van der Waals surface area contributed by atoms with Gasteiger partial charge in [-0.1, -0.05) is 12.2 Å². The van der Waals surface area contributed by atoms with Gasteiger partial charge >= 0.3 is 0 Å². The highest BCUT2D eigenvalue weighted by Crippen LogP contribution is 1.98. The molecule has 1 rings (SSSR count). The zero-order chi connectivity index (χ0) is 12.7. The van der Waals surface area contributed by atoms with Crippen LogP contribution < -0.4 is 5.32 Å². The molecule has 1 saturated heterocycles. The van der Waals surface area contributed by atoms with Crippen LogP contribution in [0.15, 0.2) is 25.3 Å². The predicted octanol–water partition coefficient (Wildman–Crippen LogP) is -0.381. The molecule has 0 aromatic heterocycles. The summed E-state index contributed by atoms with van der Waals surface area (Å²) in [6, 6.07) is 0. The Labute approximate surface area is 102 Å². The summed E-state index contributed by atoms with van der Waals surface area (Å²) in [5, 5.41) is 2.73. The molecule has 0 aliphatic carbocycles. The van der Waals surface area contributed by atoms with Gasteiger partial charge in [-0.15, -0.1) is 13.2 Å². The van der Waals surface area contributed by atoms with Gasteiger partial charge in [0.1, 0.15) is 0 Å². The van der Waals surface area contributed by atoms with Crippen LogP contribution in [-0.4, -0.2) is 60.9 Å². The van der Waals surface area contributed by atoms with E-state index < -0.39 is 0 Å². The van der Waals surface area contributed by atoms with E-state index in [1.54, 1.807) is 17.1 Å². The van der Waals surface area contributed by atoms with E-state index in [4.69, 9.17) is 0 Å². The third kappa shape index (κ3) is 4.40. The third-order valence-electron chi connectivity index (χ3n) is 2.53. The Bertz CT molecular complexity index is 305. The van der Waals surface area contributed by atoms with E-state index >= 15 is 0 Å². The third-order valence-corrected chi connectivity index (χ3v) is 2.53. The molecule has 0 atom stereocenters. The average Bonchev–Trinajstić information content (AvgIpc) is 2.28. The molecule has 1 aliphatic heterocycles. The molecule has 5 nitrogen and oxygen atoms in total. The van der Waals surface area contributed by atoms with Crippen LogP contribution in [0.1, 0.15) is 0 Å². The minimum Gasteiger partial charge on any atom is -0.354 e. The first kappa shape index (κ1) is 13.4. The first-order chi connectivity index (χ1) is 8.17. The van der Waals surface area contributed by atoms with E-state index in [-0.39, 0.29) is 18.4 Å². The molecule has 0 unspecified atom stereocenters. The molecule has 17 heavy (non-hydrogen) atoms. The number of amides is 2. The second kappa shape index (κ2) is 6.85. The zero-order valence-corrected chi connectivity index (χ0v) is 10.0. The second-order valence-electron chi connectivity index (χ2n) is 3.94. The van der Waals surface area contributed by atoms with Crippen LogP contribution in [0.25, 0.3) is 0 Å². The van der Waals surface area contributed by atoms with Crippen molar-refractivity contribution in [2.24, 2.45) is 0 Å². The Morgan fingerprint density at radius 3 is 2.59 bits per heavy atom. The van der Waals surface area contributed by atoms with Crippen molar-refractivity contribution in [2.75, 3.05) is 39.3 Å². The fourth-order valence-corrected chi connectivity index (χ4v) is 1.71. The summed E-state index contributed by atoms with van der Waals surface area (Å²) in [7, 11) is 0. The lowest BCUT2D eigenvalue weighted by Gasteiger charge is -2.28. The van der Waals surface area contributed by atoms with Gasteiger partial charge in [0.05, 0.1) is 13.1 Å². The number of hydrogen-bond acceptors (Lipinski definition) is 3. The van der Waals surface area contributed by atoms with Gasteiger partial charge in [0.25, 0.3) is 0 Å². The summed E-state index contributed by atoms with van der Waals surface area (Å²) in [5.41, 5.74) is 0. The number of hydrogen-bond donors (Lipinski definition) is 1. The molecule has 1 aliphatic rings. The first-order valence-corrected chi connectivity index (χ1v) is 5.66. The lowest BCUT2D eigenvalue weighted by Crippen LogP contribution is -2.51. The number of piperazine rings is 1. The van der Waals surface area contributed by atoms with Crippen molar-refractivity contribution >= 4 is 11.8 Å². The molecular weight excluding hydrogens is 218 g/mol. The van der Waals surface area contributed by atoms with Crippen molar-refractivity contribution in [1.29, 1.82) is 0 Å². The number of nitrogens with one attached hydrogen (secondary N) is 1. The van der Waals surface area contributed by atoms with E-state index in [0.717, 1.165) is 0 Å². The Kier molecular flexibility index (Phi) is 5.42. The summed E-state index contributed by atoms with van der Waals surface area (Å²) >= 11 is 0. The van der Waals surface area contributed by atoms with E-state index in [1.807, 2.05) is 4.90 Å². The number of rotatable bonds is 6. The summed E-state index contributed by atoms with van der Waals surface area (Å²) < 4.78 is 0. The average molecular weight is 237 g/mol. The van der Waals surface area contributed by atoms with Gasteiger partial charge in [0.15, 0.2) is 0 Å². The molecule has 5 heteroatoms. The minimum atomic E-state index is -0.0250. The minimum absolute atomic E-state index is 0.000463. The smallest absolute Gasteiger partial charge is 0.237 e. The van der Waals surface area contributed by atoms with Crippen LogP contribution in [0.3, 0.4) is 0 Å². The molecule has 0 spiro atoms. The van der Waals surface area contributed by atoms with Crippen LogP contribution in [0.4, 0.5) is 0 Å². The monoisotopic (exact) mass is 237 g/mol. The second-order valence-corrected chi connectivity index (χ2v) is 3.94. The van der Waals surface area contributed by atoms with Gasteiger partial charge < -0.3 is 10.2 Å². The van der Waals surface area contributed by atoms with Crippen molar-refractivity contribution in [3.05, 3.63) is 25.3 Å². The topological polar surface area (TPSA) is 52.7 Å². The van der Waals surface area contributed by atoms with Crippen molar-refractivity contribution in [3.8, 4) is 0 Å². The number of carbonyl (C=O) groups is 2. The Morgan fingerprint density at radius 1 is 1.41 bits per heavy atom. The van der Waals surface area contributed by atoms with Crippen LogP contribution in [0, 0.1) is 0 Å². The van der Waals surface area contributed by atoms with Crippen LogP contribution in [0.5, 0.6) is 0 Å². The van der Waals surface area contributed by atoms with Gasteiger partial charge in [-0.25, -0.2) is 0 Å². The maximum absolute atomic E-state index is 12.0. The first-order valence-electron chi connectivity index (χ1n) is 5.66.